The van der Waals surface area contributed by atoms with Crippen molar-refractivity contribution in [2.45, 2.75) is 37.7 Å². The molecule has 1 fully saturated rings. The Morgan fingerprint density at radius 1 is 1.27 bits per heavy atom. The summed E-state index contributed by atoms with van der Waals surface area (Å²) in [5.74, 6) is -0.594. The second kappa shape index (κ2) is 9.04. The number of anilines is 1. The van der Waals surface area contributed by atoms with E-state index < -0.39 is 23.2 Å². The summed E-state index contributed by atoms with van der Waals surface area (Å²) in [7, 11) is 0. The SMILES string of the molecule is C[C@@H](NC(=O)N1CCC2(C1)OCCn1nc(-c3cnc(N)c(C(F)(F)F)c3)cc12)c1ccc(C#N)nc1. The Kier molecular flexibility index (Phi) is 5.99. The van der Waals surface area contributed by atoms with Crippen molar-refractivity contribution < 1.29 is 22.7 Å². The quantitative estimate of drug-likeness (QED) is 0.550. The van der Waals surface area contributed by atoms with Crippen LogP contribution >= 0.6 is 0 Å². The fourth-order valence-corrected chi connectivity index (χ4v) is 4.71. The standard InChI is InChI=1S/C24H23F3N8O2/c1-14(15-2-3-17(10-28)30-11-15)32-22(36)34-5-4-23(13-34)20-9-19(33-35(20)6-7-37-23)16-8-18(24(25,26)27)21(29)31-12-16/h2-3,8-9,11-12,14H,4-7,13H2,1H3,(H2,29,31)(H,32,36)/t14-,23?/m1/s1. The number of likely N-dealkylation sites (tertiary alicyclic amines) is 1. The minimum Gasteiger partial charge on any atom is -0.383 e. The Morgan fingerprint density at radius 2 is 2.08 bits per heavy atom. The second-order valence-corrected chi connectivity index (χ2v) is 9.07. The molecule has 5 rings (SSSR count). The number of nitrogens with one attached hydrogen (secondary N) is 1. The molecule has 0 aliphatic carbocycles. The molecule has 10 nitrogen and oxygen atoms in total. The molecule has 2 aliphatic heterocycles. The lowest BCUT2D eigenvalue weighted by Gasteiger charge is -2.34. The molecular weight excluding hydrogens is 489 g/mol. The van der Waals surface area contributed by atoms with Crippen molar-refractivity contribution in [1.29, 1.82) is 5.26 Å². The van der Waals surface area contributed by atoms with Gasteiger partial charge in [0.15, 0.2) is 0 Å². The summed E-state index contributed by atoms with van der Waals surface area (Å²) in [6.07, 6.45) is -1.32. The van der Waals surface area contributed by atoms with Gasteiger partial charge in [0.25, 0.3) is 0 Å². The molecule has 1 spiro atoms. The summed E-state index contributed by atoms with van der Waals surface area (Å²) in [6.45, 7) is 3.29. The number of aromatic nitrogens is 4. The average Bonchev–Trinajstić information content (AvgIpc) is 3.50. The number of carbonyl (C=O) groups is 1. The Hall–Kier alpha value is -4.18. The molecule has 2 amide bonds. The van der Waals surface area contributed by atoms with E-state index in [-0.39, 0.29) is 24.2 Å². The van der Waals surface area contributed by atoms with Crippen molar-refractivity contribution >= 4 is 11.8 Å². The fraction of sp³-hybridized carbons (Fsp3) is 0.375. The molecular formula is C24H23F3N8O2. The predicted octanol–water partition coefficient (Wildman–Crippen LogP) is 3.21. The van der Waals surface area contributed by atoms with Crippen LogP contribution in [0, 0.1) is 11.3 Å². The number of nitriles is 1. The predicted molar refractivity (Wildman–Crippen MR) is 125 cm³/mol. The van der Waals surface area contributed by atoms with Crippen LogP contribution in [0.15, 0.2) is 36.7 Å². The zero-order chi connectivity index (χ0) is 26.4. The highest BCUT2D eigenvalue weighted by atomic mass is 19.4. The molecule has 0 radical (unpaired) electrons. The number of pyridine rings is 2. The normalized spacial score (nSPS) is 19.9. The summed E-state index contributed by atoms with van der Waals surface area (Å²) in [6, 6.07) is 7.30. The van der Waals surface area contributed by atoms with Crippen LogP contribution in [0.5, 0.6) is 0 Å². The van der Waals surface area contributed by atoms with E-state index in [4.69, 9.17) is 15.7 Å². The summed E-state index contributed by atoms with van der Waals surface area (Å²) >= 11 is 0. The molecule has 1 saturated heterocycles. The molecule has 0 saturated carbocycles. The number of fused-ring (bicyclic) bond motifs is 2. The van der Waals surface area contributed by atoms with Crippen LogP contribution in [-0.2, 0) is 23.1 Å². The van der Waals surface area contributed by atoms with Gasteiger partial charge in [-0.15, -0.1) is 0 Å². The monoisotopic (exact) mass is 512 g/mol. The molecule has 192 valence electrons. The van der Waals surface area contributed by atoms with Crippen molar-refractivity contribution in [2.24, 2.45) is 0 Å². The van der Waals surface area contributed by atoms with Gasteiger partial charge < -0.3 is 20.7 Å². The Morgan fingerprint density at radius 3 is 2.78 bits per heavy atom. The van der Waals surface area contributed by atoms with E-state index in [0.29, 0.717) is 43.2 Å². The van der Waals surface area contributed by atoms with E-state index in [0.717, 1.165) is 11.6 Å². The highest BCUT2D eigenvalue weighted by Gasteiger charge is 2.47. The van der Waals surface area contributed by atoms with Crippen molar-refractivity contribution in [3.63, 3.8) is 0 Å². The van der Waals surface area contributed by atoms with Gasteiger partial charge in [0.05, 0.1) is 42.7 Å². The van der Waals surface area contributed by atoms with E-state index >= 15 is 0 Å². The summed E-state index contributed by atoms with van der Waals surface area (Å²) in [5.41, 5.74) is 5.85. The Labute approximate surface area is 209 Å². The highest BCUT2D eigenvalue weighted by Crippen LogP contribution is 2.41. The van der Waals surface area contributed by atoms with Crippen LogP contribution < -0.4 is 11.1 Å². The van der Waals surface area contributed by atoms with Crippen LogP contribution in [0.3, 0.4) is 0 Å². The van der Waals surface area contributed by atoms with E-state index in [9.17, 15) is 18.0 Å². The van der Waals surface area contributed by atoms with Crippen molar-refractivity contribution in [1.82, 2.24) is 30.0 Å². The molecule has 2 atom stereocenters. The maximum absolute atomic E-state index is 13.3. The third-order valence-corrected chi connectivity index (χ3v) is 6.71. The summed E-state index contributed by atoms with van der Waals surface area (Å²) in [4.78, 5) is 22.4. The fourth-order valence-electron chi connectivity index (χ4n) is 4.71. The first-order valence-electron chi connectivity index (χ1n) is 11.6. The van der Waals surface area contributed by atoms with Crippen molar-refractivity contribution in [2.75, 3.05) is 25.4 Å². The third kappa shape index (κ3) is 4.55. The topological polar surface area (TPSA) is 135 Å². The number of carbonyl (C=O) groups excluding carboxylic acids is 1. The molecule has 13 heteroatoms. The van der Waals surface area contributed by atoms with Crippen molar-refractivity contribution in [3.8, 4) is 17.3 Å². The first kappa shape index (κ1) is 24.5. The second-order valence-electron chi connectivity index (χ2n) is 9.07. The number of nitrogens with zero attached hydrogens (tertiary/aromatic N) is 6. The van der Waals surface area contributed by atoms with Crippen LogP contribution in [0.25, 0.3) is 11.3 Å². The number of urea groups is 1. The molecule has 5 heterocycles. The molecule has 0 aromatic carbocycles. The summed E-state index contributed by atoms with van der Waals surface area (Å²) in [5, 5.41) is 16.4. The number of halogens is 3. The van der Waals surface area contributed by atoms with Crippen molar-refractivity contribution in [3.05, 3.63) is 59.2 Å². The van der Waals surface area contributed by atoms with Crippen LogP contribution in [0.2, 0.25) is 0 Å². The largest absolute Gasteiger partial charge is 0.419 e. The van der Waals surface area contributed by atoms with Gasteiger partial charge in [-0.3, -0.25) is 4.68 Å². The highest BCUT2D eigenvalue weighted by molar-refractivity contribution is 5.75. The van der Waals surface area contributed by atoms with Gasteiger partial charge in [-0.2, -0.15) is 23.5 Å². The Balaban J connectivity index is 1.35. The van der Waals surface area contributed by atoms with Gasteiger partial charge in [0.1, 0.15) is 23.2 Å². The number of hydrogen-bond donors (Lipinski definition) is 2. The number of hydrogen-bond acceptors (Lipinski definition) is 7. The lowest BCUT2D eigenvalue weighted by atomic mass is 9.96. The number of nitrogens with two attached hydrogens (primary N) is 1. The lowest BCUT2D eigenvalue weighted by Crippen LogP contribution is -2.44. The minimum atomic E-state index is -4.64. The van der Waals surface area contributed by atoms with E-state index in [1.54, 1.807) is 34.0 Å². The van der Waals surface area contributed by atoms with Gasteiger partial charge in [-0.25, -0.2) is 14.8 Å². The smallest absolute Gasteiger partial charge is 0.383 e. The maximum Gasteiger partial charge on any atom is 0.419 e. The molecule has 2 aliphatic rings. The molecule has 3 aromatic heterocycles. The number of nitrogen functional groups attached to an aromatic ring is 1. The minimum absolute atomic E-state index is 0.191. The molecule has 1 unspecified atom stereocenters. The zero-order valence-corrected chi connectivity index (χ0v) is 19.8. The van der Waals surface area contributed by atoms with Gasteiger partial charge in [0.2, 0.25) is 0 Å². The number of rotatable bonds is 3. The van der Waals surface area contributed by atoms with Gasteiger partial charge in [-0.05, 0) is 30.7 Å². The summed E-state index contributed by atoms with van der Waals surface area (Å²) < 4.78 is 47.9. The third-order valence-electron chi connectivity index (χ3n) is 6.71. The average molecular weight is 512 g/mol. The Bertz CT molecular complexity index is 1380. The molecule has 37 heavy (non-hydrogen) atoms. The molecule has 3 aromatic rings. The number of ether oxygens (including phenoxy) is 1. The first-order valence-corrected chi connectivity index (χ1v) is 11.6. The van der Waals surface area contributed by atoms with Crippen LogP contribution in [0.4, 0.5) is 23.8 Å². The van der Waals surface area contributed by atoms with Crippen LogP contribution in [-0.4, -0.2) is 50.4 Å². The maximum atomic E-state index is 13.3. The molecule has 0 bridgehead atoms. The number of amides is 2. The van der Waals surface area contributed by atoms with E-state index in [2.05, 4.69) is 20.4 Å². The van der Waals surface area contributed by atoms with E-state index in [1.165, 1.54) is 6.20 Å². The van der Waals surface area contributed by atoms with E-state index in [1.807, 2.05) is 13.0 Å². The number of alkyl halides is 3. The molecule has 3 N–H and O–H groups in total. The van der Waals surface area contributed by atoms with Gasteiger partial charge >= 0.3 is 12.2 Å². The van der Waals surface area contributed by atoms with Gasteiger partial charge in [0, 0.05) is 30.9 Å². The zero-order valence-electron chi connectivity index (χ0n) is 19.8. The first-order chi connectivity index (χ1) is 17.6. The van der Waals surface area contributed by atoms with Gasteiger partial charge in [-0.1, -0.05) is 6.07 Å². The lowest BCUT2D eigenvalue weighted by molar-refractivity contribution is -0.137. The van der Waals surface area contributed by atoms with Crippen LogP contribution in [0.1, 0.15) is 41.9 Å².